The number of rotatable bonds is 5. The molecule has 1 atom stereocenters. The predicted octanol–water partition coefficient (Wildman–Crippen LogP) is 1.22. The van der Waals surface area contributed by atoms with Crippen molar-refractivity contribution in [2.75, 3.05) is 13.2 Å². The summed E-state index contributed by atoms with van der Waals surface area (Å²) in [5.41, 5.74) is 7.74. The Morgan fingerprint density at radius 3 is 2.50 bits per heavy atom. The molecule has 1 unspecified atom stereocenters. The van der Waals surface area contributed by atoms with Crippen LogP contribution < -0.4 is 5.73 Å². The molecule has 0 bridgehead atoms. The summed E-state index contributed by atoms with van der Waals surface area (Å²) >= 11 is 0. The zero-order valence-corrected chi connectivity index (χ0v) is 8.44. The van der Waals surface area contributed by atoms with E-state index in [1.807, 2.05) is 31.2 Å². The molecular weight excluding hydrogens is 178 g/mol. The summed E-state index contributed by atoms with van der Waals surface area (Å²) in [6.07, 6.45) is 0. The number of aliphatic hydroxyl groups excluding tert-OH is 1. The van der Waals surface area contributed by atoms with Crippen molar-refractivity contribution in [1.29, 1.82) is 0 Å². The van der Waals surface area contributed by atoms with Crippen LogP contribution in [0.5, 0.6) is 0 Å². The van der Waals surface area contributed by atoms with Gasteiger partial charge >= 0.3 is 0 Å². The Balaban J connectivity index is 2.59. The maximum Gasteiger partial charge on any atom is 0.0716 e. The van der Waals surface area contributed by atoms with Gasteiger partial charge < -0.3 is 15.6 Å². The Labute approximate surface area is 84.5 Å². The fraction of sp³-hybridized carbons (Fsp3) is 0.455. The molecule has 0 saturated carbocycles. The number of hydrogen-bond acceptors (Lipinski definition) is 3. The van der Waals surface area contributed by atoms with Crippen LogP contribution in [0.25, 0.3) is 0 Å². The quantitative estimate of drug-likeness (QED) is 0.742. The lowest BCUT2D eigenvalue weighted by Crippen LogP contribution is -2.14. The first-order chi connectivity index (χ1) is 6.77. The van der Waals surface area contributed by atoms with Crippen molar-refractivity contribution in [2.24, 2.45) is 5.73 Å². The van der Waals surface area contributed by atoms with Gasteiger partial charge in [0.1, 0.15) is 0 Å². The maximum atomic E-state index is 8.85. The summed E-state index contributed by atoms with van der Waals surface area (Å²) in [6.45, 7) is 3.30. The van der Waals surface area contributed by atoms with Crippen LogP contribution in [0.3, 0.4) is 0 Å². The van der Waals surface area contributed by atoms with Crippen LogP contribution in [0.4, 0.5) is 0 Å². The van der Waals surface area contributed by atoms with Crippen LogP contribution in [0.2, 0.25) is 0 Å². The van der Waals surface area contributed by atoms with Crippen LogP contribution in [0, 0.1) is 0 Å². The van der Waals surface area contributed by atoms with Gasteiger partial charge in [-0.1, -0.05) is 24.3 Å². The van der Waals surface area contributed by atoms with Crippen LogP contribution in [-0.2, 0) is 11.3 Å². The average molecular weight is 195 g/mol. The third-order valence-corrected chi connectivity index (χ3v) is 2.08. The molecule has 0 aliphatic rings. The number of aliphatic hydroxyl groups is 1. The number of nitrogens with two attached hydrogens (primary N) is 1. The minimum atomic E-state index is -0.281. The summed E-state index contributed by atoms with van der Waals surface area (Å²) in [7, 11) is 0. The van der Waals surface area contributed by atoms with E-state index < -0.39 is 0 Å². The molecule has 3 heteroatoms. The Morgan fingerprint density at radius 2 is 2.00 bits per heavy atom. The molecule has 3 N–H and O–H groups in total. The summed E-state index contributed by atoms with van der Waals surface area (Å²) in [4.78, 5) is 0. The number of hydrogen-bond donors (Lipinski definition) is 2. The fourth-order valence-electron chi connectivity index (χ4n) is 1.19. The van der Waals surface area contributed by atoms with Crippen molar-refractivity contribution in [3.8, 4) is 0 Å². The average Bonchev–Trinajstić information content (AvgIpc) is 2.26. The topological polar surface area (TPSA) is 55.5 Å². The van der Waals surface area contributed by atoms with Crippen LogP contribution in [0.1, 0.15) is 24.1 Å². The molecule has 0 saturated heterocycles. The second kappa shape index (κ2) is 5.75. The molecule has 0 amide bonds. The van der Waals surface area contributed by atoms with E-state index in [4.69, 9.17) is 15.6 Å². The van der Waals surface area contributed by atoms with Crippen molar-refractivity contribution < 1.29 is 9.84 Å². The molecule has 14 heavy (non-hydrogen) atoms. The summed E-state index contributed by atoms with van der Waals surface area (Å²) in [5, 5.41) is 8.85. The van der Waals surface area contributed by atoms with Crippen molar-refractivity contribution in [1.82, 2.24) is 0 Å². The van der Waals surface area contributed by atoms with Crippen molar-refractivity contribution in [3.63, 3.8) is 0 Å². The van der Waals surface area contributed by atoms with Crippen molar-refractivity contribution in [3.05, 3.63) is 35.4 Å². The molecule has 1 rings (SSSR count). The lowest BCUT2D eigenvalue weighted by molar-refractivity contribution is 0.134. The highest BCUT2D eigenvalue weighted by Gasteiger charge is 2.03. The number of ether oxygens (including phenoxy) is 1. The molecule has 0 aliphatic heterocycles. The van der Waals surface area contributed by atoms with Gasteiger partial charge in [0.25, 0.3) is 0 Å². The Bertz CT molecular complexity index is 258. The zero-order chi connectivity index (χ0) is 10.4. The van der Waals surface area contributed by atoms with E-state index >= 15 is 0 Å². The Morgan fingerprint density at radius 1 is 1.36 bits per heavy atom. The molecule has 1 aromatic carbocycles. The van der Waals surface area contributed by atoms with Crippen LogP contribution >= 0.6 is 0 Å². The second-order valence-electron chi connectivity index (χ2n) is 3.17. The lowest BCUT2D eigenvalue weighted by atomic mass is 10.1. The SMILES string of the molecule is CCOCc1ccc(C(N)CO)cc1. The third-order valence-electron chi connectivity index (χ3n) is 2.08. The molecule has 78 valence electrons. The first-order valence-electron chi connectivity index (χ1n) is 4.81. The van der Waals surface area contributed by atoms with Gasteiger partial charge in [0, 0.05) is 6.61 Å². The molecule has 1 aromatic rings. The highest BCUT2D eigenvalue weighted by Crippen LogP contribution is 2.11. The van der Waals surface area contributed by atoms with Crippen molar-refractivity contribution >= 4 is 0 Å². The van der Waals surface area contributed by atoms with Crippen molar-refractivity contribution in [2.45, 2.75) is 19.6 Å². The fourth-order valence-corrected chi connectivity index (χ4v) is 1.19. The monoisotopic (exact) mass is 195 g/mol. The van der Waals surface area contributed by atoms with Crippen LogP contribution in [0.15, 0.2) is 24.3 Å². The normalized spacial score (nSPS) is 12.8. The predicted molar refractivity (Wildman–Crippen MR) is 55.8 cm³/mol. The summed E-state index contributed by atoms with van der Waals surface area (Å²) in [5.74, 6) is 0. The minimum Gasteiger partial charge on any atom is -0.394 e. The Kier molecular flexibility index (Phi) is 4.59. The van der Waals surface area contributed by atoms with E-state index in [2.05, 4.69) is 0 Å². The first kappa shape index (κ1) is 11.2. The molecule has 0 spiro atoms. The largest absolute Gasteiger partial charge is 0.394 e. The molecule has 0 heterocycles. The van der Waals surface area contributed by atoms with Crippen LogP contribution in [-0.4, -0.2) is 18.3 Å². The van der Waals surface area contributed by atoms with E-state index in [1.165, 1.54) is 0 Å². The maximum absolute atomic E-state index is 8.85. The van der Waals surface area contributed by atoms with Gasteiger partial charge in [-0.05, 0) is 18.1 Å². The Hall–Kier alpha value is -0.900. The molecule has 0 fully saturated rings. The summed E-state index contributed by atoms with van der Waals surface area (Å²) in [6, 6.07) is 7.52. The van der Waals surface area contributed by atoms with Gasteiger partial charge in [0.15, 0.2) is 0 Å². The molecule has 0 radical (unpaired) electrons. The molecular formula is C11H17NO2. The van der Waals surface area contributed by atoms with E-state index in [-0.39, 0.29) is 12.6 Å². The van der Waals surface area contributed by atoms with Gasteiger partial charge in [-0.3, -0.25) is 0 Å². The highest BCUT2D eigenvalue weighted by atomic mass is 16.5. The molecule has 3 nitrogen and oxygen atoms in total. The first-order valence-corrected chi connectivity index (χ1v) is 4.81. The van der Waals surface area contributed by atoms with E-state index in [1.54, 1.807) is 0 Å². The number of benzene rings is 1. The highest BCUT2D eigenvalue weighted by molar-refractivity contribution is 5.24. The smallest absolute Gasteiger partial charge is 0.0716 e. The standard InChI is InChI=1S/C11H17NO2/c1-2-14-8-9-3-5-10(6-4-9)11(12)7-13/h3-6,11,13H,2,7-8,12H2,1H3. The van der Waals surface area contributed by atoms with Gasteiger partial charge in [-0.25, -0.2) is 0 Å². The van der Waals surface area contributed by atoms with Gasteiger partial charge in [0.05, 0.1) is 19.3 Å². The second-order valence-corrected chi connectivity index (χ2v) is 3.17. The zero-order valence-electron chi connectivity index (χ0n) is 8.44. The van der Waals surface area contributed by atoms with E-state index in [0.717, 1.165) is 17.7 Å². The minimum absolute atomic E-state index is 0.0230. The van der Waals surface area contributed by atoms with Gasteiger partial charge in [-0.2, -0.15) is 0 Å². The molecule has 0 aromatic heterocycles. The van der Waals surface area contributed by atoms with Gasteiger partial charge in [-0.15, -0.1) is 0 Å². The van der Waals surface area contributed by atoms with Gasteiger partial charge in [0.2, 0.25) is 0 Å². The summed E-state index contributed by atoms with van der Waals surface area (Å²) < 4.78 is 5.27. The van der Waals surface area contributed by atoms with E-state index in [9.17, 15) is 0 Å². The van der Waals surface area contributed by atoms with E-state index in [0.29, 0.717) is 6.61 Å². The lowest BCUT2D eigenvalue weighted by Gasteiger charge is -2.09. The third kappa shape index (κ3) is 3.10. The molecule has 0 aliphatic carbocycles.